The maximum Gasteiger partial charge on any atom is 0.417 e. The van der Waals surface area contributed by atoms with Crippen molar-refractivity contribution in [1.82, 2.24) is 19.7 Å². The SMILES string of the molecule is C.CN1CCN(CC(=O)Nc2cc(Oc3ccc4c(c3)CN(C(=O)Nc3ccc(Cl)c(C(F)(F)F)c3)CC4)ccn2)CC1. The molecule has 2 N–H and O–H groups in total. The average Bonchev–Trinajstić information content (AvgIpc) is 2.94. The zero-order chi connectivity index (χ0) is 29.9. The van der Waals surface area contributed by atoms with Crippen molar-refractivity contribution in [3.05, 3.63) is 76.4 Å². The van der Waals surface area contributed by atoms with Gasteiger partial charge >= 0.3 is 12.2 Å². The highest BCUT2D eigenvalue weighted by atomic mass is 35.5. The molecule has 2 aliphatic rings. The molecule has 1 aromatic heterocycles. The topological polar surface area (TPSA) is 90.0 Å². The van der Waals surface area contributed by atoms with Crippen LogP contribution in [0.25, 0.3) is 0 Å². The molecule has 0 radical (unpaired) electrons. The summed E-state index contributed by atoms with van der Waals surface area (Å²) in [5, 5.41) is 4.92. The second kappa shape index (κ2) is 13.6. The van der Waals surface area contributed by atoms with E-state index in [1.807, 2.05) is 18.2 Å². The Morgan fingerprint density at radius 3 is 2.44 bits per heavy atom. The van der Waals surface area contributed by atoms with Crippen molar-refractivity contribution >= 4 is 35.0 Å². The fourth-order valence-corrected chi connectivity index (χ4v) is 5.09. The Kier molecular flexibility index (Phi) is 10.2. The van der Waals surface area contributed by atoms with Gasteiger partial charge in [0.2, 0.25) is 5.91 Å². The quantitative estimate of drug-likeness (QED) is 0.355. The molecule has 3 heterocycles. The van der Waals surface area contributed by atoms with E-state index in [0.717, 1.165) is 49.4 Å². The molecular weight excluding hydrogens is 585 g/mol. The molecule has 0 spiro atoms. The highest BCUT2D eigenvalue weighted by Gasteiger charge is 2.33. The number of likely N-dealkylation sites (N-methyl/N-ethyl adjacent to an activating group) is 1. The Balaban J connectivity index is 0.00000423. The molecular formula is C30H34ClF3N6O3. The first-order chi connectivity index (χ1) is 20.0. The van der Waals surface area contributed by atoms with Crippen LogP contribution >= 0.6 is 11.6 Å². The molecule has 1 saturated heterocycles. The van der Waals surface area contributed by atoms with Crippen LogP contribution in [-0.4, -0.2) is 77.9 Å². The van der Waals surface area contributed by atoms with Gasteiger partial charge in [-0.25, -0.2) is 9.78 Å². The molecule has 1 fully saturated rings. The van der Waals surface area contributed by atoms with Gasteiger partial charge in [0.25, 0.3) is 0 Å². The number of rotatable bonds is 6. The number of fused-ring (bicyclic) bond motifs is 1. The Bertz CT molecular complexity index is 1460. The molecule has 13 heteroatoms. The van der Waals surface area contributed by atoms with E-state index in [2.05, 4.69) is 32.5 Å². The molecule has 2 aliphatic heterocycles. The van der Waals surface area contributed by atoms with Gasteiger partial charge in [-0.1, -0.05) is 25.1 Å². The molecule has 0 saturated carbocycles. The van der Waals surface area contributed by atoms with Gasteiger partial charge in [-0.3, -0.25) is 9.69 Å². The number of ether oxygens (including phenoxy) is 1. The zero-order valence-electron chi connectivity index (χ0n) is 22.9. The number of nitrogens with zero attached hydrogens (tertiary/aromatic N) is 4. The summed E-state index contributed by atoms with van der Waals surface area (Å²) in [4.78, 5) is 35.5. The number of amides is 3. The van der Waals surface area contributed by atoms with Crippen molar-refractivity contribution in [2.75, 3.05) is 56.9 Å². The van der Waals surface area contributed by atoms with E-state index in [1.54, 1.807) is 18.3 Å². The number of aromatic nitrogens is 1. The molecule has 9 nitrogen and oxygen atoms in total. The van der Waals surface area contributed by atoms with Crippen molar-refractivity contribution in [2.24, 2.45) is 0 Å². The number of hydrogen-bond donors (Lipinski definition) is 2. The smallest absolute Gasteiger partial charge is 0.417 e. The molecule has 0 bridgehead atoms. The van der Waals surface area contributed by atoms with Crippen LogP contribution < -0.4 is 15.4 Å². The van der Waals surface area contributed by atoms with Gasteiger partial charge in [0.1, 0.15) is 17.3 Å². The number of anilines is 2. The van der Waals surface area contributed by atoms with E-state index >= 15 is 0 Å². The first-order valence-electron chi connectivity index (χ1n) is 13.4. The average molecular weight is 619 g/mol. The lowest BCUT2D eigenvalue weighted by Crippen LogP contribution is -2.47. The maximum absolute atomic E-state index is 13.2. The van der Waals surface area contributed by atoms with Gasteiger partial charge in [-0.2, -0.15) is 13.2 Å². The number of nitrogens with one attached hydrogen (secondary N) is 2. The third-order valence-electron chi connectivity index (χ3n) is 7.20. The predicted molar refractivity (Wildman–Crippen MR) is 160 cm³/mol. The summed E-state index contributed by atoms with van der Waals surface area (Å²) in [5.41, 5.74) is 0.893. The molecule has 2 aromatic carbocycles. The summed E-state index contributed by atoms with van der Waals surface area (Å²) in [7, 11) is 2.06. The molecule has 0 atom stereocenters. The van der Waals surface area contributed by atoms with Gasteiger partial charge < -0.3 is 25.2 Å². The number of hydrogen-bond acceptors (Lipinski definition) is 6. The van der Waals surface area contributed by atoms with Crippen LogP contribution in [-0.2, 0) is 23.9 Å². The standard InChI is InChI=1S/C29H30ClF3N6O3.CH4/c1-37-10-12-38(13-11-37)18-27(40)36-26-16-23(6-8-34-26)42-22-4-2-19-7-9-39(17-20(19)14-22)28(41)35-21-3-5-25(30)24(15-21)29(31,32)33;/h2-6,8,14-16H,7,9-13,17-18H2,1H3,(H,35,41)(H,34,36,40);1H4. The molecule has 0 unspecified atom stereocenters. The Morgan fingerprint density at radius 2 is 1.70 bits per heavy atom. The molecule has 43 heavy (non-hydrogen) atoms. The number of carbonyl (C=O) groups is 2. The molecule has 5 rings (SSSR count). The number of pyridine rings is 1. The summed E-state index contributed by atoms with van der Waals surface area (Å²) < 4.78 is 45.7. The number of carbonyl (C=O) groups excluding carboxylic acids is 2. The lowest BCUT2D eigenvalue weighted by atomic mass is 10.00. The van der Waals surface area contributed by atoms with E-state index in [9.17, 15) is 22.8 Å². The summed E-state index contributed by atoms with van der Waals surface area (Å²) in [6.45, 7) is 4.45. The van der Waals surface area contributed by atoms with E-state index in [4.69, 9.17) is 16.3 Å². The highest BCUT2D eigenvalue weighted by Crippen LogP contribution is 2.36. The highest BCUT2D eigenvalue weighted by molar-refractivity contribution is 6.31. The largest absolute Gasteiger partial charge is 0.457 e. The van der Waals surface area contributed by atoms with Gasteiger partial charge in [-0.15, -0.1) is 0 Å². The molecule has 230 valence electrons. The lowest BCUT2D eigenvalue weighted by molar-refractivity contribution is -0.137. The van der Waals surface area contributed by atoms with E-state index in [0.29, 0.717) is 30.3 Å². The third-order valence-corrected chi connectivity index (χ3v) is 7.53. The second-order valence-electron chi connectivity index (χ2n) is 10.3. The van der Waals surface area contributed by atoms with E-state index < -0.39 is 22.8 Å². The molecule has 0 aliphatic carbocycles. The fourth-order valence-electron chi connectivity index (χ4n) is 4.86. The maximum atomic E-state index is 13.2. The van der Waals surface area contributed by atoms with E-state index in [1.165, 1.54) is 11.0 Å². The Hall–Kier alpha value is -3.87. The number of benzene rings is 2. The fraction of sp³-hybridized carbons (Fsp3) is 0.367. The van der Waals surface area contributed by atoms with Crippen molar-refractivity contribution < 1.29 is 27.5 Å². The Morgan fingerprint density at radius 1 is 0.953 bits per heavy atom. The first-order valence-corrected chi connectivity index (χ1v) is 13.8. The Labute approximate surface area is 253 Å². The number of piperazine rings is 1. The van der Waals surface area contributed by atoms with Crippen LogP contribution in [0.1, 0.15) is 24.1 Å². The number of alkyl halides is 3. The minimum atomic E-state index is -4.63. The van der Waals surface area contributed by atoms with Gasteiger partial charge in [0.05, 0.1) is 17.1 Å². The van der Waals surface area contributed by atoms with Crippen molar-refractivity contribution in [1.29, 1.82) is 0 Å². The minimum Gasteiger partial charge on any atom is -0.457 e. The molecule has 3 aromatic rings. The van der Waals surface area contributed by atoms with Crippen LogP contribution in [0.4, 0.5) is 29.5 Å². The first kappa shape index (κ1) is 32.1. The summed E-state index contributed by atoms with van der Waals surface area (Å²) in [5.74, 6) is 1.24. The van der Waals surface area contributed by atoms with Crippen LogP contribution in [0.5, 0.6) is 11.5 Å². The van der Waals surface area contributed by atoms with Crippen LogP contribution in [0.15, 0.2) is 54.7 Å². The summed E-state index contributed by atoms with van der Waals surface area (Å²) in [6, 6.07) is 11.6. The van der Waals surface area contributed by atoms with Crippen LogP contribution in [0.2, 0.25) is 5.02 Å². The van der Waals surface area contributed by atoms with Crippen LogP contribution in [0, 0.1) is 0 Å². The summed E-state index contributed by atoms with van der Waals surface area (Å²) in [6.07, 6.45) is -2.51. The second-order valence-corrected chi connectivity index (χ2v) is 10.7. The monoisotopic (exact) mass is 618 g/mol. The minimum absolute atomic E-state index is 0. The van der Waals surface area contributed by atoms with E-state index in [-0.39, 0.29) is 32.1 Å². The van der Waals surface area contributed by atoms with Crippen molar-refractivity contribution in [3.8, 4) is 11.5 Å². The molecule has 3 amide bonds. The summed E-state index contributed by atoms with van der Waals surface area (Å²) >= 11 is 5.69. The van der Waals surface area contributed by atoms with Crippen LogP contribution in [0.3, 0.4) is 0 Å². The van der Waals surface area contributed by atoms with Gasteiger partial charge in [-0.05, 0) is 61.0 Å². The lowest BCUT2D eigenvalue weighted by Gasteiger charge is -2.31. The third kappa shape index (κ3) is 8.37. The number of urea groups is 1. The zero-order valence-corrected chi connectivity index (χ0v) is 23.6. The van der Waals surface area contributed by atoms with Gasteiger partial charge in [0, 0.05) is 57.2 Å². The normalized spacial score (nSPS) is 15.7. The predicted octanol–water partition coefficient (Wildman–Crippen LogP) is 5.96. The van der Waals surface area contributed by atoms with Gasteiger partial charge in [0.15, 0.2) is 0 Å². The van der Waals surface area contributed by atoms with Crippen molar-refractivity contribution in [3.63, 3.8) is 0 Å². The van der Waals surface area contributed by atoms with Crippen molar-refractivity contribution in [2.45, 2.75) is 26.6 Å². The number of halogens is 4.